The van der Waals surface area contributed by atoms with Crippen molar-refractivity contribution in [2.45, 2.75) is 19.3 Å². The molecule has 0 saturated heterocycles. The van der Waals surface area contributed by atoms with Gasteiger partial charge in [-0.05, 0) is 48.4 Å². The molecule has 3 aromatic carbocycles. The zero-order valence-electron chi connectivity index (χ0n) is 15.5. The van der Waals surface area contributed by atoms with Crippen LogP contribution in [0.25, 0.3) is 0 Å². The number of rotatable bonds is 6. The Balaban J connectivity index is 1.83. The molecule has 0 bridgehead atoms. The number of carbonyl (C=O) groups excluding carboxylic acids is 1. The molecule has 3 rings (SSSR count). The Morgan fingerprint density at radius 3 is 2.37 bits per heavy atom. The Morgan fingerprint density at radius 1 is 1.04 bits per heavy atom. The first-order valence-corrected chi connectivity index (χ1v) is 8.85. The van der Waals surface area contributed by atoms with Gasteiger partial charge in [0.1, 0.15) is 11.5 Å². The number of carbonyl (C=O) groups is 1. The van der Waals surface area contributed by atoms with Crippen molar-refractivity contribution in [1.29, 1.82) is 0 Å². The fourth-order valence-electron chi connectivity index (χ4n) is 3.11. The minimum absolute atomic E-state index is 0.117. The lowest BCUT2D eigenvalue weighted by Gasteiger charge is -2.19. The molecule has 0 aliphatic carbocycles. The Labute approximate surface area is 159 Å². The van der Waals surface area contributed by atoms with Gasteiger partial charge in [0.25, 0.3) is 0 Å². The summed E-state index contributed by atoms with van der Waals surface area (Å²) in [5, 5.41) is 13.4. The normalized spacial score (nSPS) is 11.6. The first-order valence-electron chi connectivity index (χ1n) is 8.85. The maximum absolute atomic E-state index is 12.7. The molecule has 27 heavy (non-hydrogen) atoms. The standard InChI is InChI=1S/C23H23NO3/c1-16-8-13-20(22(25)14-16)21(17-6-4-3-5-7-17)15-23(26)24-18-9-11-19(27-2)12-10-18/h3-14,21,25H,15H2,1-2H3,(H,24,26). The molecule has 0 heterocycles. The van der Waals surface area contributed by atoms with Crippen molar-refractivity contribution in [1.82, 2.24) is 0 Å². The number of hydrogen-bond donors (Lipinski definition) is 2. The van der Waals surface area contributed by atoms with Crippen LogP contribution >= 0.6 is 0 Å². The van der Waals surface area contributed by atoms with Crippen molar-refractivity contribution in [2.75, 3.05) is 12.4 Å². The minimum atomic E-state index is -0.231. The second-order valence-electron chi connectivity index (χ2n) is 6.51. The Hall–Kier alpha value is -3.27. The Morgan fingerprint density at radius 2 is 1.74 bits per heavy atom. The third-order valence-corrected chi connectivity index (χ3v) is 4.53. The largest absolute Gasteiger partial charge is 0.508 e. The molecule has 0 aliphatic heterocycles. The molecule has 2 N–H and O–H groups in total. The van der Waals surface area contributed by atoms with E-state index in [0.717, 1.165) is 22.4 Å². The molecule has 3 aromatic rings. The molecular weight excluding hydrogens is 338 g/mol. The summed E-state index contributed by atoms with van der Waals surface area (Å²) in [5.41, 5.74) is 3.42. The molecule has 138 valence electrons. The number of aromatic hydroxyl groups is 1. The third kappa shape index (κ3) is 4.67. The average Bonchev–Trinajstić information content (AvgIpc) is 2.68. The van der Waals surface area contributed by atoms with E-state index in [4.69, 9.17) is 4.74 Å². The van der Waals surface area contributed by atoms with E-state index in [1.807, 2.05) is 49.4 Å². The average molecular weight is 361 g/mol. The first kappa shape index (κ1) is 18.5. The van der Waals surface area contributed by atoms with Gasteiger partial charge in [0.05, 0.1) is 7.11 Å². The Bertz CT molecular complexity index is 905. The summed E-state index contributed by atoms with van der Waals surface area (Å²) in [6, 6.07) is 22.6. The summed E-state index contributed by atoms with van der Waals surface area (Å²) >= 11 is 0. The van der Waals surface area contributed by atoms with Crippen LogP contribution in [0.5, 0.6) is 11.5 Å². The molecule has 0 aliphatic rings. The summed E-state index contributed by atoms with van der Waals surface area (Å²) in [4.78, 5) is 12.7. The van der Waals surface area contributed by atoms with Crippen LogP contribution in [0.2, 0.25) is 0 Å². The van der Waals surface area contributed by atoms with Gasteiger partial charge in [-0.25, -0.2) is 0 Å². The topological polar surface area (TPSA) is 58.6 Å². The maximum Gasteiger partial charge on any atom is 0.225 e. The lowest BCUT2D eigenvalue weighted by molar-refractivity contribution is -0.116. The van der Waals surface area contributed by atoms with Crippen LogP contribution < -0.4 is 10.1 Å². The van der Waals surface area contributed by atoms with Crippen LogP contribution in [-0.2, 0) is 4.79 Å². The van der Waals surface area contributed by atoms with Gasteiger partial charge < -0.3 is 15.2 Å². The first-order chi connectivity index (χ1) is 13.1. The van der Waals surface area contributed by atoms with Crippen molar-refractivity contribution in [2.24, 2.45) is 0 Å². The predicted molar refractivity (Wildman–Crippen MR) is 107 cm³/mol. The number of benzene rings is 3. The molecule has 1 amide bonds. The van der Waals surface area contributed by atoms with Crippen LogP contribution in [0, 0.1) is 6.92 Å². The van der Waals surface area contributed by atoms with Crippen LogP contribution in [0.1, 0.15) is 29.0 Å². The molecule has 4 nitrogen and oxygen atoms in total. The van der Waals surface area contributed by atoms with Gasteiger partial charge in [-0.1, -0.05) is 42.5 Å². The fourth-order valence-corrected chi connectivity index (χ4v) is 3.11. The van der Waals surface area contributed by atoms with E-state index in [0.29, 0.717) is 5.69 Å². The molecule has 0 spiro atoms. The van der Waals surface area contributed by atoms with Gasteiger partial charge in [-0.15, -0.1) is 0 Å². The van der Waals surface area contributed by atoms with Gasteiger partial charge in [0, 0.05) is 23.6 Å². The maximum atomic E-state index is 12.7. The number of nitrogens with one attached hydrogen (secondary N) is 1. The lowest BCUT2D eigenvalue weighted by atomic mass is 9.87. The predicted octanol–water partition coefficient (Wildman–Crippen LogP) is 4.87. The van der Waals surface area contributed by atoms with E-state index in [2.05, 4.69) is 5.32 Å². The van der Waals surface area contributed by atoms with Gasteiger partial charge in [-0.3, -0.25) is 4.79 Å². The third-order valence-electron chi connectivity index (χ3n) is 4.53. The highest BCUT2D eigenvalue weighted by Gasteiger charge is 2.21. The highest BCUT2D eigenvalue weighted by Crippen LogP contribution is 2.34. The molecule has 0 fully saturated rings. The number of amides is 1. The van der Waals surface area contributed by atoms with E-state index in [1.165, 1.54) is 0 Å². The highest BCUT2D eigenvalue weighted by molar-refractivity contribution is 5.91. The zero-order chi connectivity index (χ0) is 19.2. The van der Waals surface area contributed by atoms with E-state index in [9.17, 15) is 9.90 Å². The summed E-state index contributed by atoms with van der Waals surface area (Å²) in [7, 11) is 1.60. The number of phenolic OH excluding ortho intramolecular Hbond substituents is 1. The molecule has 0 radical (unpaired) electrons. The van der Waals surface area contributed by atoms with Crippen LogP contribution in [0.15, 0.2) is 72.8 Å². The van der Waals surface area contributed by atoms with Crippen molar-refractivity contribution in [3.63, 3.8) is 0 Å². The zero-order valence-corrected chi connectivity index (χ0v) is 15.5. The fraction of sp³-hybridized carbons (Fsp3) is 0.174. The Kier molecular flexibility index (Phi) is 5.77. The molecule has 4 heteroatoms. The summed E-state index contributed by atoms with van der Waals surface area (Å²) in [6.07, 6.45) is 0.229. The van der Waals surface area contributed by atoms with Gasteiger partial charge in [-0.2, -0.15) is 0 Å². The van der Waals surface area contributed by atoms with E-state index in [-0.39, 0.29) is 24.0 Å². The molecule has 1 unspecified atom stereocenters. The quantitative estimate of drug-likeness (QED) is 0.658. The number of ether oxygens (including phenoxy) is 1. The molecule has 1 atom stereocenters. The minimum Gasteiger partial charge on any atom is -0.508 e. The van der Waals surface area contributed by atoms with Crippen molar-refractivity contribution >= 4 is 11.6 Å². The van der Waals surface area contributed by atoms with Gasteiger partial charge in [0.15, 0.2) is 0 Å². The molecule has 0 saturated carbocycles. The molecular formula is C23H23NO3. The van der Waals surface area contributed by atoms with Crippen molar-refractivity contribution < 1.29 is 14.6 Å². The van der Waals surface area contributed by atoms with E-state index < -0.39 is 0 Å². The smallest absolute Gasteiger partial charge is 0.225 e. The summed E-state index contributed by atoms with van der Waals surface area (Å²) < 4.78 is 5.14. The van der Waals surface area contributed by atoms with Crippen LogP contribution in [-0.4, -0.2) is 18.1 Å². The second kappa shape index (κ2) is 8.41. The SMILES string of the molecule is COc1ccc(NC(=O)CC(c2ccccc2)c2ccc(C)cc2O)cc1. The van der Waals surface area contributed by atoms with Crippen molar-refractivity contribution in [3.05, 3.63) is 89.5 Å². The van der Waals surface area contributed by atoms with E-state index in [1.54, 1.807) is 37.4 Å². The number of hydrogen-bond acceptors (Lipinski definition) is 3. The number of anilines is 1. The molecule has 0 aromatic heterocycles. The van der Waals surface area contributed by atoms with Crippen molar-refractivity contribution in [3.8, 4) is 11.5 Å². The van der Waals surface area contributed by atoms with Crippen LogP contribution in [0.4, 0.5) is 5.69 Å². The van der Waals surface area contributed by atoms with Gasteiger partial charge >= 0.3 is 0 Å². The number of aryl methyl sites for hydroxylation is 1. The summed E-state index contributed by atoms with van der Waals surface area (Å²) in [6.45, 7) is 1.93. The van der Waals surface area contributed by atoms with Gasteiger partial charge in [0.2, 0.25) is 5.91 Å². The monoisotopic (exact) mass is 361 g/mol. The summed E-state index contributed by atoms with van der Waals surface area (Å²) in [5.74, 6) is 0.597. The van der Waals surface area contributed by atoms with E-state index >= 15 is 0 Å². The number of phenols is 1. The van der Waals surface area contributed by atoms with Crippen LogP contribution in [0.3, 0.4) is 0 Å². The number of methoxy groups -OCH3 is 1. The lowest BCUT2D eigenvalue weighted by Crippen LogP contribution is -2.16. The highest BCUT2D eigenvalue weighted by atomic mass is 16.5. The second-order valence-corrected chi connectivity index (χ2v) is 6.51.